The van der Waals surface area contributed by atoms with Crippen LogP contribution >= 0.6 is 11.6 Å². The first-order valence-electron chi connectivity index (χ1n) is 6.56. The smallest absolute Gasteiger partial charge is 0.257 e. The lowest BCUT2D eigenvalue weighted by Crippen LogP contribution is -2.49. The van der Waals surface area contributed by atoms with Gasteiger partial charge in [0.2, 0.25) is 0 Å². The molecule has 0 aliphatic carbocycles. The van der Waals surface area contributed by atoms with E-state index in [9.17, 15) is 9.90 Å². The number of piperidine rings is 1. The number of nitrogens with zero attached hydrogens (tertiary/aromatic N) is 1. The van der Waals surface area contributed by atoms with Crippen LogP contribution in [0.15, 0.2) is 18.2 Å². The van der Waals surface area contributed by atoms with Crippen LogP contribution in [0.3, 0.4) is 0 Å². The molecule has 0 bridgehead atoms. The van der Waals surface area contributed by atoms with Gasteiger partial charge >= 0.3 is 0 Å². The summed E-state index contributed by atoms with van der Waals surface area (Å²) in [4.78, 5) is 14.2. The number of phenolic OH excluding ortho intramolecular Hbond substituents is 1. The van der Waals surface area contributed by atoms with Crippen molar-refractivity contribution in [2.24, 2.45) is 11.7 Å². The van der Waals surface area contributed by atoms with Crippen LogP contribution in [0, 0.1) is 5.92 Å². The Morgan fingerprint density at radius 3 is 3.00 bits per heavy atom. The quantitative estimate of drug-likeness (QED) is 0.874. The van der Waals surface area contributed by atoms with Crippen LogP contribution in [-0.2, 0) is 0 Å². The predicted octanol–water partition coefficient (Wildman–Crippen LogP) is 2.24. The number of benzene rings is 1. The SMILES string of the molecule is CCC1CN(C(=O)c2cc(Cl)ccc2O)CCC1N. The molecule has 1 heterocycles. The largest absolute Gasteiger partial charge is 0.507 e. The highest BCUT2D eigenvalue weighted by Gasteiger charge is 2.29. The highest BCUT2D eigenvalue weighted by molar-refractivity contribution is 6.31. The van der Waals surface area contributed by atoms with Gasteiger partial charge in [-0.05, 0) is 30.5 Å². The number of carbonyl (C=O) groups excluding carboxylic acids is 1. The molecule has 2 atom stereocenters. The third-order valence-corrected chi connectivity index (χ3v) is 4.03. The van der Waals surface area contributed by atoms with Gasteiger partial charge < -0.3 is 15.7 Å². The summed E-state index contributed by atoms with van der Waals surface area (Å²) >= 11 is 5.88. The minimum absolute atomic E-state index is 0.0303. The molecule has 1 aliphatic heterocycles. The van der Waals surface area contributed by atoms with Crippen LogP contribution < -0.4 is 5.73 Å². The first-order chi connectivity index (χ1) is 9.02. The van der Waals surface area contributed by atoms with Gasteiger partial charge in [-0.25, -0.2) is 0 Å². The molecule has 0 spiro atoms. The lowest BCUT2D eigenvalue weighted by atomic mass is 9.90. The minimum atomic E-state index is -0.176. The van der Waals surface area contributed by atoms with Gasteiger partial charge in [0.1, 0.15) is 5.75 Å². The number of hydrogen-bond donors (Lipinski definition) is 2. The van der Waals surface area contributed by atoms with Crippen LogP contribution in [0.2, 0.25) is 5.02 Å². The molecule has 1 aromatic carbocycles. The maximum absolute atomic E-state index is 12.4. The molecule has 0 saturated carbocycles. The van der Waals surface area contributed by atoms with Crippen LogP contribution in [0.1, 0.15) is 30.1 Å². The van der Waals surface area contributed by atoms with E-state index in [0.717, 1.165) is 12.8 Å². The number of hydrogen-bond acceptors (Lipinski definition) is 3. The lowest BCUT2D eigenvalue weighted by molar-refractivity contribution is 0.0646. The predicted molar refractivity (Wildman–Crippen MR) is 75.4 cm³/mol. The lowest BCUT2D eigenvalue weighted by Gasteiger charge is -2.36. The number of rotatable bonds is 2. The van der Waals surface area contributed by atoms with Crippen molar-refractivity contribution >= 4 is 17.5 Å². The Labute approximate surface area is 118 Å². The topological polar surface area (TPSA) is 66.6 Å². The number of aromatic hydroxyl groups is 1. The molecular formula is C14H19ClN2O2. The van der Waals surface area contributed by atoms with E-state index in [2.05, 4.69) is 6.92 Å². The number of halogens is 1. The number of carbonyl (C=O) groups is 1. The van der Waals surface area contributed by atoms with Crippen molar-refractivity contribution in [1.82, 2.24) is 4.90 Å². The van der Waals surface area contributed by atoms with Crippen molar-refractivity contribution in [1.29, 1.82) is 0 Å². The van der Waals surface area contributed by atoms with E-state index >= 15 is 0 Å². The fourth-order valence-electron chi connectivity index (χ4n) is 2.52. The van der Waals surface area contributed by atoms with Crippen LogP contribution in [0.4, 0.5) is 0 Å². The van der Waals surface area contributed by atoms with E-state index in [1.54, 1.807) is 11.0 Å². The van der Waals surface area contributed by atoms with Crippen LogP contribution in [0.25, 0.3) is 0 Å². The zero-order chi connectivity index (χ0) is 14.0. The van der Waals surface area contributed by atoms with E-state index in [4.69, 9.17) is 17.3 Å². The van der Waals surface area contributed by atoms with Gasteiger partial charge in [0.05, 0.1) is 5.56 Å². The molecule has 1 amide bonds. The highest BCUT2D eigenvalue weighted by atomic mass is 35.5. The Kier molecular flexibility index (Phi) is 4.32. The van der Waals surface area contributed by atoms with Crippen molar-refractivity contribution in [2.45, 2.75) is 25.8 Å². The number of nitrogens with two attached hydrogens (primary N) is 1. The summed E-state index contributed by atoms with van der Waals surface area (Å²) in [7, 11) is 0. The molecule has 2 unspecified atom stereocenters. The molecule has 1 saturated heterocycles. The zero-order valence-electron chi connectivity index (χ0n) is 11.0. The molecule has 0 aromatic heterocycles. The Balaban J connectivity index is 2.18. The summed E-state index contributed by atoms with van der Waals surface area (Å²) in [6.45, 7) is 3.35. The third-order valence-electron chi connectivity index (χ3n) is 3.79. The summed E-state index contributed by atoms with van der Waals surface area (Å²) in [5, 5.41) is 10.2. The van der Waals surface area contributed by atoms with Crippen LogP contribution in [0.5, 0.6) is 5.75 Å². The summed E-state index contributed by atoms with van der Waals surface area (Å²) < 4.78 is 0. The second kappa shape index (κ2) is 5.80. The molecule has 1 fully saturated rings. The highest BCUT2D eigenvalue weighted by Crippen LogP contribution is 2.26. The molecule has 5 heteroatoms. The Bertz CT molecular complexity index is 479. The second-order valence-electron chi connectivity index (χ2n) is 5.03. The fourth-order valence-corrected chi connectivity index (χ4v) is 2.69. The van der Waals surface area contributed by atoms with Gasteiger partial charge in [0.15, 0.2) is 0 Å². The standard InChI is InChI=1S/C14H19ClN2O2/c1-2-9-8-17(6-5-12(9)16)14(19)11-7-10(15)3-4-13(11)18/h3-4,7,9,12,18H,2,5-6,8,16H2,1H3. The monoisotopic (exact) mass is 282 g/mol. The van der Waals surface area contributed by atoms with Crippen LogP contribution in [-0.4, -0.2) is 35.0 Å². The van der Waals surface area contributed by atoms with E-state index in [0.29, 0.717) is 24.0 Å². The van der Waals surface area contributed by atoms with Gasteiger partial charge in [-0.1, -0.05) is 24.9 Å². The van der Waals surface area contributed by atoms with E-state index in [1.165, 1.54) is 12.1 Å². The minimum Gasteiger partial charge on any atom is -0.507 e. The van der Waals surface area contributed by atoms with Gasteiger partial charge in [-0.3, -0.25) is 4.79 Å². The van der Waals surface area contributed by atoms with Crippen molar-refractivity contribution in [2.75, 3.05) is 13.1 Å². The van der Waals surface area contributed by atoms with Crippen molar-refractivity contribution in [3.63, 3.8) is 0 Å². The average Bonchev–Trinajstić information content (AvgIpc) is 2.41. The maximum Gasteiger partial charge on any atom is 0.257 e. The van der Waals surface area contributed by atoms with E-state index in [-0.39, 0.29) is 23.3 Å². The molecule has 19 heavy (non-hydrogen) atoms. The normalized spacial score (nSPS) is 23.4. The molecule has 1 aromatic rings. The van der Waals surface area contributed by atoms with Gasteiger partial charge in [-0.2, -0.15) is 0 Å². The average molecular weight is 283 g/mol. The summed E-state index contributed by atoms with van der Waals surface area (Å²) in [6.07, 6.45) is 1.75. The Morgan fingerprint density at radius 1 is 1.58 bits per heavy atom. The van der Waals surface area contributed by atoms with Crippen molar-refractivity contribution in [3.05, 3.63) is 28.8 Å². The Morgan fingerprint density at radius 2 is 2.32 bits per heavy atom. The summed E-state index contributed by atoms with van der Waals surface area (Å²) in [5.41, 5.74) is 6.30. The number of likely N-dealkylation sites (tertiary alicyclic amines) is 1. The fraction of sp³-hybridized carbons (Fsp3) is 0.500. The molecule has 1 aliphatic rings. The molecule has 4 nitrogen and oxygen atoms in total. The summed E-state index contributed by atoms with van der Waals surface area (Å²) in [6, 6.07) is 4.67. The first kappa shape index (κ1) is 14.2. The molecule has 2 rings (SSSR count). The zero-order valence-corrected chi connectivity index (χ0v) is 11.7. The van der Waals surface area contributed by atoms with E-state index < -0.39 is 0 Å². The van der Waals surface area contributed by atoms with Gasteiger partial charge in [0.25, 0.3) is 5.91 Å². The van der Waals surface area contributed by atoms with Crippen molar-refractivity contribution in [3.8, 4) is 5.75 Å². The number of amides is 1. The third kappa shape index (κ3) is 3.01. The van der Waals surface area contributed by atoms with E-state index in [1.807, 2.05) is 0 Å². The second-order valence-corrected chi connectivity index (χ2v) is 5.47. The molecule has 0 radical (unpaired) electrons. The van der Waals surface area contributed by atoms with Crippen molar-refractivity contribution < 1.29 is 9.90 Å². The molecule has 3 N–H and O–H groups in total. The Hall–Kier alpha value is -1.26. The van der Waals surface area contributed by atoms with Gasteiger partial charge in [0, 0.05) is 24.2 Å². The maximum atomic E-state index is 12.4. The number of phenols is 1. The van der Waals surface area contributed by atoms with Gasteiger partial charge in [-0.15, -0.1) is 0 Å². The first-order valence-corrected chi connectivity index (χ1v) is 6.94. The molecular weight excluding hydrogens is 264 g/mol. The summed E-state index contributed by atoms with van der Waals surface area (Å²) in [5.74, 6) is 0.113. The molecule has 104 valence electrons.